The molecule has 0 aromatic rings. The highest BCUT2D eigenvalue weighted by Gasteiger charge is 2.30. The lowest BCUT2D eigenvalue weighted by atomic mass is 9.64. The van der Waals surface area contributed by atoms with E-state index in [2.05, 4.69) is 6.92 Å². The van der Waals surface area contributed by atoms with Crippen molar-refractivity contribution in [2.45, 2.75) is 38.3 Å². The average molecular weight is 248 g/mol. The van der Waals surface area contributed by atoms with Gasteiger partial charge in [0, 0.05) is 0 Å². The minimum absolute atomic E-state index is 0.00298. The molecule has 0 aliphatic carbocycles. The van der Waals surface area contributed by atoms with Crippen molar-refractivity contribution in [1.29, 1.82) is 0 Å². The molecule has 0 aliphatic rings. The summed E-state index contributed by atoms with van der Waals surface area (Å²) in [6.45, 7) is 2.15. The lowest BCUT2D eigenvalue weighted by molar-refractivity contribution is 0.687. The molecule has 12 heavy (non-hydrogen) atoms. The molecule has 0 radical (unpaired) electrons. The molecule has 0 atom stereocenters. The normalized spacial score (nSPS) is 10.5. The largest absolute Gasteiger partial charge is 0.350 e. The van der Waals surface area contributed by atoms with Gasteiger partial charge in [-0.25, -0.2) is 0 Å². The van der Waals surface area contributed by atoms with E-state index in [0.29, 0.717) is 0 Å². The first-order valence-electron chi connectivity index (χ1n) is 4.15. The summed E-state index contributed by atoms with van der Waals surface area (Å²) >= 11 is 22.9. The van der Waals surface area contributed by atoms with Crippen molar-refractivity contribution in [3.8, 4) is 0 Å². The minimum atomic E-state index is -0.457. The maximum Gasteiger partial charge on any atom is 0.350 e. The van der Waals surface area contributed by atoms with Crippen molar-refractivity contribution >= 4 is 56.9 Å². The van der Waals surface area contributed by atoms with Crippen LogP contribution in [-0.4, -0.2) is 11.1 Å². The van der Waals surface area contributed by atoms with E-state index in [9.17, 15) is 0 Å². The zero-order chi connectivity index (χ0) is 9.56. The topological polar surface area (TPSA) is 0 Å². The molecule has 0 amide bonds. The second-order valence-electron chi connectivity index (χ2n) is 2.83. The minimum Gasteiger partial charge on any atom is -0.172 e. The number of rotatable bonds is 6. The van der Waals surface area contributed by atoms with Crippen LogP contribution in [0.1, 0.15) is 32.6 Å². The van der Waals surface area contributed by atoms with Crippen LogP contribution in [0.5, 0.6) is 0 Å². The second kappa shape index (κ2) is 7.67. The van der Waals surface area contributed by atoms with E-state index in [4.69, 9.17) is 45.8 Å². The predicted molar refractivity (Wildman–Crippen MR) is 62.8 cm³/mol. The highest BCUT2D eigenvalue weighted by atomic mass is 35.5. The Labute approximate surface area is 95.1 Å². The van der Waals surface area contributed by atoms with Crippen LogP contribution < -0.4 is 0 Å². The Kier molecular flexibility index (Phi) is 8.50. The highest BCUT2D eigenvalue weighted by molar-refractivity contribution is 7.45. The Bertz CT molecular complexity index is 102. The maximum atomic E-state index is 5.71. The summed E-state index contributed by atoms with van der Waals surface area (Å²) in [6, 6.07) is 0. The third-order valence-corrected chi connectivity index (χ3v) is 3.08. The summed E-state index contributed by atoms with van der Waals surface area (Å²) in [6.07, 6.45) is 4.35. The van der Waals surface area contributed by atoms with Crippen LogP contribution in [0.3, 0.4) is 0 Å². The van der Waals surface area contributed by atoms with Crippen LogP contribution in [0.4, 0.5) is 0 Å². The zero-order valence-corrected chi connectivity index (χ0v) is 10.1. The fraction of sp³-hybridized carbons (Fsp3) is 1.00. The Morgan fingerprint density at radius 1 is 1.00 bits per heavy atom. The van der Waals surface area contributed by atoms with Gasteiger partial charge in [0.05, 0.1) is 0 Å². The molecule has 0 aromatic carbocycles. The Balaban J connectivity index is 3.64. The molecule has 0 unspecified atom stereocenters. The van der Waals surface area contributed by atoms with E-state index in [-0.39, 0.29) is 5.72 Å². The van der Waals surface area contributed by atoms with Crippen LogP contribution in [0.15, 0.2) is 0 Å². The van der Waals surface area contributed by atoms with E-state index < -0.39 is 11.1 Å². The lowest BCUT2D eigenvalue weighted by Crippen LogP contribution is -2.18. The second-order valence-corrected chi connectivity index (χ2v) is 5.16. The first-order chi connectivity index (χ1) is 5.59. The fourth-order valence-corrected chi connectivity index (χ4v) is 2.38. The van der Waals surface area contributed by atoms with Crippen LogP contribution in [0.25, 0.3) is 0 Å². The number of hydrogen-bond donors (Lipinski definition) is 0. The molecule has 0 saturated carbocycles. The van der Waals surface area contributed by atoms with Crippen molar-refractivity contribution in [2.75, 3.05) is 0 Å². The number of halogens is 4. The van der Waals surface area contributed by atoms with Gasteiger partial charge in [-0.3, -0.25) is 0 Å². The Morgan fingerprint density at radius 2 is 1.50 bits per heavy atom. The molecular weight excluding hydrogens is 236 g/mol. The van der Waals surface area contributed by atoms with Crippen LogP contribution in [0.2, 0.25) is 5.72 Å². The number of hydrogen-bond acceptors (Lipinski definition) is 0. The van der Waals surface area contributed by atoms with Gasteiger partial charge >= 0.3 is 11.1 Å². The summed E-state index contributed by atoms with van der Waals surface area (Å²) in [5.41, 5.74) is -0.910. The lowest BCUT2D eigenvalue weighted by Gasteiger charge is -2.13. The summed E-state index contributed by atoms with van der Waals surface area (Å²) in [5.74, 6) is 0. The molecule has 0 N–H and O–H groups in total. The highest BCUT2D eigenvalue weighted by Crippen LogP contribution is 2.30. The molecule has 6 heteroatoms. The monoisotopic (exact) mass is 246 g/mol. The summed E-state index contributed by atoms with van der Waals surface area (Å²) in [7, 11) is 0. The molecule has 0 spiro atoms. The van der Waals surface area contributed by atoms with E-state index in [1.54, 1.807) is 0 Å². The van der Waals surface area contributed by atoms with E-state index in [1.165, 1.54) is 12.8 Å². The SMILES string of the molecule is CCCCCC(B(Cl)Cl)B(Cl)Cl. The molecule has 0 nitrogen and oxygen atoms in total. The van der Waals surface area contributed by atoms with Crippen LogP contribution in [0, 0.1) is 0 Å². The van der Waals surface area contributed by atoms with Gasteiger partial charge < -0.3 is 0 Å². The van der Waals surface area contributed by atoms with Gasteiger partial charge in [0.2, 0.25) is 0 Å². The summed E-state index contributed by atoms with van der Waals surface area (Å²) in [4.78, 5) is 0. The van der Waals surface area contributed by atoms with Gasteiger partial charge in [0.25, 0.3) is 0 Å². The molecule has 0 saturated heterocycles. The van der Waals surface area contributed by atoms with Crippen LogP contribution >= 0.6 is 45.8 Å². The third kappa shape index (κ3) is 5.85. The van der Waals surface area contributed by atoms with Crippen molar-refractivity contribution in [2.24, 2.45) is 0 Å². The van der Waals surface area contributed by atoms with Gasteiger partial charge in [-0.2, -0.15) is 45.8 Å². The van der Waals surface area contributed by atoms with Crippen molar-refractivity contribution in [3.05, 3.63) is 0 Å². The van der Waals surface area contributed by atoms with Gasteiger partial charge in [-0.15, -0.1) is 0 Å². The molecule has 0 heterocycles. The zero-order valence-electron chi connectivity index (χ0n) is 7.07. The fourth-order valence-electron chi connectivity index (χ4n) is 0.992. The van der Waals surface area contributed by atoms with Crippen molar-refractivity contribution < 1.29 is 0 Å². The molecule has 0 rings (SSSR count). The van der Waals surface area contributed by atoms with E-state index >= 15 is 0 Å². The molecule has 70 valence electrons. The third-order valence-electron chi connectivity index (χ3n) is 1.79. The molecule has 0 bridgehead atoms. The standard InChI is InChI=1S/C6H12B2Cl4/c1-2-3-4-5-6(7(9)10)8(11)12/h6H,2-5H2,1H3. The smallest absolute Gasteiger partial charge is 0.172 e. The Morgan fingerprint density at radius 3 is 1.83 bits per heavy atom. The number of unbranched alkanes of at least 4 members (excludes halogenated alkanes) is 2. The molecule has 0 fully saturated rings. The van der Waals surface area contributed by atoms with Gasteiger partial charge in [-0.1, -0.05) is 32.6 Å². The van der Waals surface area contributed by atoms with Gasteiger partial charge in [0.15, 0.2) is 0 Å². The molecule has 0 aliphatic heterocycles. The van der Waals surface area contributed by atoms with Crippen molar-refractivity contribution in [3.63, 3.8) is 0 Å². The van der Waals surface area contributed by atoms with Crippen LogP contribution in [-0.2, 0) is 0 Å². The predicted octanol–water partition coefficient (Wildman–Crippen LogP) is 4.41. The summed E-state index contributed by atoms with van der Waals surface area (Å²) < 4.78 is 0. The van der Waals surface area contributed by atoms with E-state index in [1.807, 2.05) is 0 Å². The van der Waals surface area contributed by atoms with E-state index in [0.717, 1.165) is 12.8 Å². The van der Waals surface area contributed by atoms with Crippen molar-refractivity contribution in [1.82, 2.24) is 0 Å². The Hall–Kier alpha value is 1.29. The van der Waals surface area contributed by atoms with Gasteiger partial charge in [-0.05, 0) is 5.72 Å². The first kappa shape index (κ1) is 13.3. The molecular formula is C6H12B2Cl4. The quantitative estimate of drug-likeness (QED) is 0.482. The average Bonchev–Trinajstić information content (AvgIpc) is 1.96. The summed E-state index contributed by atoms with van der Waals surface area (Å²) in [5, 5.41) is 0. The van der Waals surface area contributed by atoms with Gasteiger partial charge in [0.1, 0.15) is 0 Å². The maximum absolute atomic E-state index is 5.71. The molecule has 0 aromatic heterocycles. The first-order valence-corrected chi connectivity index (χ1v) is 5.90.